The standard InChI is InChI=1S/C17H16O4/c18-16(14-7-3-1-4-8-14)11-20-13-21-12-17(19)15-9-5-2-6-10-15/h1-10H,11-13H2. The Labute approximate surface area is 123 Å². The van der Waals surface area contributed by atoms with Crippen molar-refractivity contribution in [1.29, 1.82) is 0 Å². The Bertz CT molecular complexity index is 525. The minimum absolute atomic E-state index is 0.0659. The molecule has 4 nitrogen and oxygen atoms in total. The molecule has 0 radical (unpaired) electrons. The van der Waals surface area contributed by atoms with Gasteiger partial charge in [0.05, 0.1) is 0 Å². The molecule has 0 aliphatic heterocycles. The number of ether oxygens (including phenoxy) is 2. The quantitative estimate of drug-likeness (QED) is 0.425. The molecule has 0 amide bonds. The van der Waals surface area contributed by atoms with E-state index in [1.165, 1.54) is 0 Å². The lowest BCUT2D eigenvalue weighted by molar-refractivity contribution is -0.0402. The van der Waals surface area contributed by atoms with Gasteiger partial charge in [0, 0.05) is 11.1 Å². The Morgan fingerprint density at radius 3 is 1.43 bits per heavy atom. The number of hydrogen-bond donors (Lipinski definition) is 0. The fourth-order valence-electron chi connectivity index (χ4n) is 1.74. The van der Waals surface area contributed by atoms with Gasteiger partial charge < -0.3 is 9.47 Å². The van der Waals surface area contributed by atoms with E-state index in [-0.39, 0.29) is 31.6 Å². The van der Waals surface area contributed by atoms with Crippen molar-refractivity contribution in [2.75, 3.05) is 20.0 Å². The molecule has 0 saturated heterocycles. The Kier molecular flexibility index (Phi) is 5.82. The van der Waals surface area contributed by atoms with Crippen molar-refractivity contribution in [2.45, 2.75) is 0 Å². The van der Waals surface area contributed by atoms with Crippen LogP contribution in [0.3, 0.4) is 0 Å². The van der Waals surface area contributed by atoms with Crippen LogP contribution in [0.5, 0.6) is 0 Å². The summed E-state index contributed by atoms with van der Waals surface area (Å²) in [5, 5.41) is 0. The molecule has 4 heteroatoms. The number of benzene rings is 2. The lowest BCUT2D eigenvalue weighted by atomic mass is 10.1. The highest BCUT2D eigenvalue weighted by molar-refractivity contribution is 5.97. The van der Waals surface area contributed by atoms with Crippen LogP contribution in [0.1, 0.15) is 20.7 Å². The van der Waals surface area contributed by atoms with Crippen LogP contribution in [0.4, 0.5) is 0 Å². The van der Waals surface area contributed by atoms with Crippen molar-refractivity contribution >= 4 is 11.6 Å². The molecule has 0 heterocycles. The van der Waals surface area contributed by atoms with Crippen LogP contribution in [0, 0.1) is 0 Å². The second-order valence-electron chi connectivity index (χ2n) is 4.39. The van der Waals surface area contributed by atoms with E-state index in [2.05, 4.69) is 0 Å². The summed E-state index contributed by atoms with van der Waals surface area (Å²) in [5.74, 6) is -0.234. The molecule has 0 unspecified atom stereocenters. The zero-order valence-electron chi connectivity index (χ0n) is 11.5. The highest BCUT2D eigenvalue weighted by Gasteiger charge is 2.07. The highest BCUT2D eigenvalue weighted by atomic mass is 16.7. The van der Waals surface area contributed by atoms with Gasteiger partial charge in [-0.05, 0) is 0 Å². The molecule has 0 atom stereocenters. The summed E-state index contributed by atoms with van der Waals surface area (Å²) in [4.78, 5) is 23.4. The van der Waals surface area contributed by atoms with E-state index in [4.69, 9.17) is 9.47 Å². The lowest BCUT2D eigenvalue weighted by Crippen LogP contribution is -2.14. The smallest absolute Gasteiger partial charge is 0.188 e. The van der Waals surface area contributed by atoms with Gasteiger partial charge in [-0.25, -0.2) is 0 Å². The second-order valence-corrected chi connectivity index (χ2v) is 4.39. The molecule has 0 N–H and O–H groups in total. The molecule has 0 aromatic heterocycles. The van der Waals surface area contributed by atoms with Gasteiger partial charge >= 0.3 is 0 Å². The van der Waals surface area contributed by atoms with Crippen molar-refractivity contribution in [3.8, 4) is 0 Å². The molecule has 2 aromatic rings. The van der Waals surface area contributed by atoms with E-state index < -0.39 is 0 Å². The van der Waals surface area contributed by atoms with E-state index >= 15 is 0 Å². The van der Waals surface area contributed by atoms with Crippen molar-refractivity contribution < 1.29 is 19.1 Å². The summed E-state index contributed by atoms with van der Waals surface area (Å²) in [7, 11) is 0. The van der Waals surface area contributed by atoms with Gasteiger partial charge in [0.25, 0.3) is 0 Å². The van der Waals surface area contributed by atoms with Gasteiger partial charge in [-0.2, -0.15) is 0 Å². The Morgan fingerprint density at radius 1 is 0.667 bits per heavy atom. The van der Waals surface area contributed by atoms with Gasteiger partial charge in [0.1, 0.15) is 20.0 Å². The normalized spacial score (nSPS) is 10.3. The number of carbonyl (C=O) groups is 2. The Balaban J connectivity index is 1.64. The lowest BCUT2D eigenvalue weighted by Gasteiger charge is -2.05. The minimum atomic E-state index is -0.117. The van der Waals surface area contributed by atoms with Crippen LogP contribution in [0.2, 0.25) is 0 Å². The van der Waals surface area contributed by atoms with Gasteiger partial charge in [-0.1, -0.05) is 60.7 Å². The zero-order valence-corrected chi connectivity index (χ0v) is 11.5. The first-order valence-corrected chi connectivity index (χ1v) is 6.59. The van der Waals surface area contributed by atoms with Crippen LogP contribution in [-0.4, -0.2) is 31.6 Å². The first-order valence-electron chi connectivity index (χ1n) is 6.59. The molecule has 2 aromatic carbocycles. The number of ketones is 2. The summed E-state index contributed by atoms with van der Waals surface area (Å²) in [6.07, 6.45) is 0. The average Bonchev–Trinajstić information content (AvgIpc) is 2.55. The third-order valence-electron chi connectivity index (χ3n) is 2.82. The molecule has 0 saturated carbocycles. The molecule has 0 spiro atoms. The number of rotatable bonds is 8. The average molecular weight is 284 g/mol. The van der Waals surface area contributed by atoms with E-state index in [1.807, 2.05) is 12.1 Å². The molecule has 2 rings (SSSR count). The molecule has 0 aliphatic carbocycles. The summed E-state index contributed by atoms with van der Waals surface area (Å²) in [5.41, 5.74) is 1.19. The predicted octanol–water partition coefficient (Wildman–Crippen LogP) is 2.74. The van der Waals surface area contributed by atoms with Crippen LogP contribution in [0.15, 0.2) is 60.7 Å². The zero-order chi connectivity index (χ0) is 14.9. The maximum absolute atomic E-state index is 11.7. The molecular weight excluding hydrogens is 268 g/mol. The van der Waals surface area contributed by atoms with Gasteiger partial charge in [0.2, 0.25) is 0 Å². The van der Waals surface area contributed by atoms with Crippen LogP contribution in [-0.2, 0) is 9.47 Å². The van der Waals surface area contributed by atoms with Crippen molar-refractivity contribution in [3.05, 3.63) is 71.8 Å². The fraction of sp³-hybridized carbons (Fsp3) is 0.176. The predicted molar refractivity (Wildman–Crippen MR) is 78.3 cm³/mol. The SMILES string of the molecule is O=C(COCOCC(=O)c1ccccc1)c1ccccc1. The first-order chi connectivity index (χ1) is 10.3. The minimum Gasteiger partial charge on any atom is -0.347 e. The maximum Gasteiger partial charge on any atom is 0.188 e. The summed E-state index contributed by atoms with van der Waals surface area (Å²) in [6, 6.07) is 17.8. The number of hydrogen-bond acceptors (Lipinski definition) is 4. The monoisotopic (exact) mass is 284 g/mol. The third kappa shape index (κ3) is 4.95. The first kappa shape index (κ1) is 15.1. The summed E-state index contributed by atoms with van der Waals surface area (Å²) >= 11 is 0. The Morgan fingerprint density at radius 2 is 1.05 bits per heavy atom. The van der Waals surface area contributed by atoms with E-state index in [9.17, 15) is 9.59 Å². The molecule has 0 fully saturated rings. The largest absolute Gasteiger partial charge is 0.347 e. The highest BCUT2D eigenvalue weighted by Crippen LogP contribution is 2.01. The van der Waals surface area contributed by atoms with Crippen LogP contribution >= 0.6 is 0 Å². The fourth-order valence-corrected chi connectivity index (χ4v) is 1.74. The van der Waals surface area contributed by atoms with Gasteiger partial charge in [-0.15, -0.1) is 0 Å². The summed E-state index contributed by atoms with van der Waals surface area (Å²) < 4.78 is 10.2. The van der Waals surface area contributed by atoms with E-state index in [0.29, 0.717) is 11.1 Å². The maximum atomic E-state index is 11.7. The van der Waals surface area contributed by atoms with Gasteiger partial charge in [-0.3, -0.25) is 9.59 Å². The summed E-state index contributed by atoms with van der Waals surface area (Å²) in [6.45, 7) is -0.218. The van der Waals surface area contributed by atoms with E-state index in [0.717, 1.165) is 0 Å². The molecule has 0 aliphatic rings. The third-order valence-corrected chi connectivity index (χ3v) is 2.82. The van der Waals surface area contributed by atoms with Crippen molar-refractivity contribution in [2.24, 2.45) is 0 Å². The van der Waals surface area contributed by atoms with Crippen LogP contribution < -0.4 is 0 Å². The van der Waals surface area contributed by atoms with Gasteiger partial charge in [0.15, 0.2) is 11.6 Å². The molecule has 108 valence electrons. The number of carbonyl (C=O) groups excluding carboxylic acids is 2. The van der Waals surface area contributed by atoms with Crippen molar-refractivity contribution in [1.82, 2.24) is 0 Å². The van der Waals surface area contributed by atoms with Crippen molar-refractivity contribution in [3.63, 3.8) is 0 Å². The topological polar surface area (TPSA) is 52.6 Å². The molecule has 0 bridgehead atoms. The Hall–Kier alpha value is -2.30. The molecule has 21 heavy (non-hydrogen) atoms. The number of Topliss-reactive ketones (excluding diaryl/α,β-unsaturated/α-hetero) is 2. The molecular formula is C17H16O4. The van der Waals surface area contributed by atoms with Crippen LogP contribution in [0.25, 0.3) is 0 Å². The second kappa shape index (κ2) is 8.09. The van der Waals surface area contributed by atoms with E-state index in [1.54, 1.807) is 48.5 Å².